The van der Waals surface area contributed by atoms with E-state index in [9.17, 15) is 0 Å². The summed E-state index contributed by atoms with van der Waals surface area (Å²) in [6.07, 6.45) is 3.44. The summed E-state index contributed by atoms with van der Waals surface area (Å²) in [5.41, 5.74) is 8.49. The van der Waals surface area contributed by atoms with E-state index in [1.165, 1.54) is 33.4 Å². The summed E-state index contributed by atoms with van der Waals surface area (Å²) in [5, 5.41) is 0. The molecule has 0 heteroatoms. The van der Waals surface area contributed by atoms with Crippen LogP contribution in [0.25, 0.3) is 5.57 Å². The molecule has 0 nitrogen and oxygen atoms in total. The minimum Gasteiger partial charge on any atom is -0.0716 e. The van der Waals surface area contributed by atoms with E-state index in [1.54, 1.807) is 0 Å². The molecule has 0 saturated carbocycles. The molecular weight excluding hydrogens is 204 g/mol. The van der Waals surface area contributed by atoms with Crippen LogP contribution in [0.1, 0.15) is 27.8 Å². The molecule has 0 aromatic heterocycles. The number of rotatable bonds is 1. The van der Waals surface area contributed by atoms with Gasteiger partial charge in [-0.2, -0.15) is 0 Å². The van der Waals surface area contributed by atoms with Gasteiger partial charge in [0.2, 0.25) is 0 Å². The molecule has 0 saturated heterocycles. The highest BCUT2D eigenvalue weighted by Gasteiger charge is 2.18. The molecule has 2 aromatic rings. The maximum Gasteiger partial charge on any atom is -0.00791 e. The molecule has 1 aliphatic rings. The van der Waals surface area contributed by atoms with Crippen molar-refractivity contribution in [3.05, 3.63) is 76.4 Å². The first-order valence-corrected chi connectivity index (χ1v) is 6.12. The Morgan fingerprint density at radius 3 is 2.29 bits per heavy atom. The average molecular weight is 220 g/mol. The van der Waals surface area contributed by atoms with Gasteiger partial charge < -0.3 is 0 Å². The number of fused-ring (bicyclic) bond motifs is 1. The molecule has 0 radical (unpaired) electrons. The van der Waals surface area contributed by atoms with Gasteiger partial charge in [0.1, 0.15) is 0 Å². The molecule has 0 atom stereocenters. The van der Waals surface area contributed by atoms with Crippen LogP contribution >= 0.6 is 0 Å². The van der Waals surface area contributed by atoms with Gasteiger partial charge in [-0.25, -0.2) is 0 Å². The van der Waals surface area contributed by atoms with E-state index in [0.717, 1.165) is 6.42 Å². The SMILES string of the molecule is Cc1ccc(C)c2c1CC=C2c1ccccc1. The van der Waals surface area contributed by atoms with Gasteiger partial charge in [-0.1, -0.05) is 48.5 Å². The fourth-order valence-corrected chi connectivity index (χ4v) is 2.69. The summed E-state index contributed by atoms with van der Waals surface area (Å²) in [7, 11) is 0. The molecular formula is C17H16. The third-order valence-corrected chi connectivity index (χ3v) is 3.62. The van der Waals surface area contributed by atoms with Gasteiger partial charge in [0, 0.05) is 0 Å². The largest absolute Gasteiger partial charge is 0.0716 e. The third-order valence-electron chi connectivity index (χ3n) is 3.62. The fraction of sp³-hybridized carbons (Fsp3) is 0.176. The molecule has 0 bridgehead atoms. The Hall–Kier alpha value is -1.82. The minimum absolute atomic E-state index is 1.08. The van der Waals surface area contributed by atoms with Crippen molar-refractivity contribution in [1.29, 1.82) is 0 Å². The molecule has 17 heavy (non-hydrogen) atoms. The monoisotopic (exact) mass is 220 g/mol. The zero-order chi connectivity index (χ0) is 11.8. The van der Waals surface area contributed by atoms with E-state index in [4.69, 9.17) is 0 Å². The summed E-state index contributed by atoms with van der Waals surface area (Å²) < 4.78 is 0. The van der Waals surface area contributed by atoms with E-state index in [-0.39, 0.29) is 0 Å². The van der Waals surface area contributed by atoms with Crippen LogP contribution in [-0.2, 0) is 6.42 Å². The summed E-state index contributed by atoms with van der Waals surface area (Å²) in [6, 6.07) is 15.2. The number of benzene rings is 2. The topological polar surface area (TPSA) is 0 Å². The third kappa shape index (κ3) is 1.61. The van der Waals surface area contributed by atoms with Crippen molar-refractivity contribution in [2.75, 3.05) is 0 Å². The average Bonchev–Trinajstić information content (AvgIpc) is 2.81. The van der Waals surface area contributed by atoms with E-state index >= 15 is 0 Å². The Labute approximate surface area is 103 Å². The van der Waals surface area contributed by atoms with E-state index in [0.29, 0.717) is 0 Å². The van der Waals surface area contributed by atoms with E-state index in [2.05, 4.69) is 62.4 Å². The van der Waals surface area contributed by atoms with Gasteiger partial charge in [0.15, 0.2) is 0 Å². The van der Waals surface area contributed by atoms with Crippen molar-refractivity contribution < 1.29 is 0 Å². The quantitative estimate of drug-likeness (QED) is 0.672. The van der Waals surface area contributed by atoms with Gasteiger partial charge in [0.25, 0.3) is 0 Å². The number of hydrogen-bond donors (Lipinski definition) is 0. The van der Waals surface area contributed by atoms with Crippen LogP contribution in [-0.4, -0.2) is 0 Å². The fourth-order valence-electron chi connectivity index (χ4n) is 2.69. The van der Waals surface area contributed by atoms with Gasteiger partial charge in [-0.15, -0.1) is 0 Å². The Bertz CT molecular complexity index is 589. The van der Waals surface area contributed by atoms with Crippen LogP contribution in [0.3, 0.4) is 0 Å². The minimum atomic E-state index is 1.08. The summed E-state index contributed by atoms with van der Waals surface area (Å²) in [4.78, 5) is 0. The second kappa shape index (κ2) is 3.89. The van der Waals surface area contributed by atoms with Gasteiger partial charge in [-0.05, 0) is 53.7 Å². The van der Waals surface area contributed by atoms with Gasteiger partial charge >= 0.3 is 0 Å². The van der Waals surface area contributed by atoms with E-state index < -0.39 is 0 Å². The van der Waals surface area contributed by atoms with Crippen LogP contribution in [0.15, 0.2) is 48.5 Å². The number of allylic oxidation sites excluding steroid dienone is 1. The highest BCUT2D eigenvalue weighted by molar-refractivity contribution is 5.86. The highest BCUT2D eigenvalue weighted by atomic mass is 14.2. The van der Waals surface area contributed by atoms with Crippen molar-refractivity contribution in [3.8, 4) is 0 Å². The molecule has 0 fully saturated rings. The predicted molar refractivity (Wildman–Crippen MR) is 73.1 cm³/mol. The molecule has 3 rings (SSSR count). The summed E-state index contributed by atoms with van der Waals surface area (Å²) in [6.45, 7) is 4.42. The lowest BCUT2D eigenvalue weighted by Crippen LogP contribution is -1.94. The van der Waals surface area contributed by atoms with Crippen LogP contribution in [0.2, 0.25) is 0 Å². The molecule has 2 aromatic carbocycles. The van der Waals surface area contributed by atoms with Crippen molar-refractivity contribution in [2.45, 2.75) is 20.3 Å². The molecule has 0 N–H and O–H groups in total. The second-order valence-electron chi connectivity index (χ2n) is 4.74. The van der Waals surface area contributed by atoms with Crippen LogP contribution in [0.5, 0.6) is 0 Å². The predicted octanol–water partition coefficient (Wildman–Crippen LogP) is 4.29. The molecule has 0 amide bonds. The first kappa shape index (κ1) is 10.3. The van der Waals surface area contributed by atoms with Gasteiger partial charge in [-0.3, -0.25) is 0 Å². The van der Waals surface area contributed by atoms with Gasteiger partial charge in [0.05, 0.1) is 0 Å². The Balaban J connectivity index is 2.19. The summed E-state index contributed by atoms with van der Waals surface area (Å²) in [5.74, 6) is 0. The molecule has 1 aliphatic carbocycles. The molecule has 0 spiro atoms. The van der Waals surface area contributed by atoms with Crippen molar-refractivity contribution >= 4 is 5.57 Å². The Morgan fingerprint density at radius 2 is 1.53 bits per heavy atom. The Morgan fingerprint density at radius 1 is 0.824 bits per heavy atom. The lowest BCUT2D eigenvalue weighted by molar-refractivity contribution is 1.22. The number of aryl methyl sites for hydroxylation is 2. The van der Waals surface area contributed by atoms with Crippen LogP contribution in [0.4, 0.5) is 0 Å². The molecule has 0 aliphatic heterocycles. The maximum absolute atomic E-state index is 2.36. The second-order valence-corrected chi connectivity index (χ2v) is 4.74. The standard InChI is InChI=1S/C17H16/c1-12-8-9-13(2)17-15(12)10-11-16(17)14-6-4-3-5-7-14/h3-9,11H,10H2,1-2H3. The zero-order valence-electron chi connectivity index (χ0n) is 10.3. The van der Waals surface area contributed by atoms with E-state index in [1.807, 2.05) is 0 Å². The van der Waals surface area contributed by atoms with Crippen molar-refractivity contribution in [1.82, 2.24) is 0 Å². The van der Waals surface area contributed by atoms with Crippen LogP contribution < -0.4 is 0 Å². The van der Waals surface area contributed by atoms with Crippen molar-refractivity contribution in [3.63, 3.8) is 0 Å². The first-order valence-electron chi connectivity index (χ1n) is 6.12. The molecule has 0 heterocycles. The van der Waals surface area contributed by atoms with Crippen molar-refractivity contribution in [2.24, 2.45) is 0 Å². The first-order chi connectivity index (χ1) is 8.27. The molecule has 84 valence electrons. The Kier molecular flexibility index (Phi) is 2.36. The lowest BCUT2D eigenvalue weighted by atomic mass is 9.93. The zero-order valence-corrected chi connectivity index (χ0v) is 10.3. The number of hydrogen-bond acceptors (Lipinski definition) is 0. The maximum atomic E-state index is 2.36. The van der Waals surface area contributed by atoms with Crippen LogP contribution in [0, 0.1) is 13.8 Å². The smallest absolute Gasteiger partial charge is 0.00791 e. The highest BCUT2D eigenvalue weighted by Crippen LogP contribution is 2.36. The lowest BCUT2D eigenvalue weighted by Gasteiger charge is -2.11. The summed E-state index contributed by atoms with van der Waals surface area (Å²) >= 11 is 0. The molecule has 0 unspecified atom stereocenters. The normalized spacial score (nSPS) is 13.4.